The Labute approximate surface area is 77.7 Å². The van der Waals surface area contributed by atoms with Crippen molar-refractivity contribution in [1.82, 2.24) is 0 Å². The van der Waals surface area contributed by atoms with Crippen molar-refractivity contribution in [3.63, 3.8) is 0 Å². The van der Waals surface area contributed by atoms with Gasteiger partial charge in [-0.25, -0.2) is 8.78 Å². The van der Waals surface area contributed by atoms with E-state index in [0.29, 0.717) is 0 Å². The van der Waals surface area contributed by atoms with Gasteiger partial charge in [0, 0.05) is 6.07 Å². The molecule has 1 nitrogen and oxygen atoms in total. The van der Waals surface area contributed by atoms with Gasteiger partial charge < -0.3 is 0 Å². The van der Waals surface area contributed by atoms with Gasteiger partial charge in [-0.1, -0.05) is 11.6 Å². The second-order valence-electron chi connectivity index (χ2n) is 1.92. The van der Waals surface area contributed by atoms with E-state index in [1.165, 1.54) is 0 Å². The first kappa shape index (κ1) is 9.26. The Morgan fingerprint density at radius 3 is 2.58 bits per heavy atom. The number of hydrogen-bond donors (Lipinski definition) is 0. The summed E-state index contributed by atoms with van der Waals surface area (Å²) in [4.78, 5) is 3.30. The molecule has 0 amide bonds. The van der Waals surface area contributed by atoms with Crippen molar-refractivity contribution in [1.29, 1.82) is 0 Å². The lowest BCUT2D eigenvalue weighted by Crippen LogP contribution is -1.81. The monoisotopic (exact) mass is 205 g/mol. The van der Waals surface area contributed by atoms with Crippen LogP contribution in [0.1, 0.15) is 0 Å². The first-order valence-corrected chi connectivity index (χ1v) is 3.66. The van der Waals surface area contributed by atoms with Gasteiger partial charge in [0.25, 0.3) is 0 Å². The molecule has 0 spiro atoms. The maximum atomic E-state index is 12.8. The molecule has 0 aliphatic carbocycles. The summed E-state index contributed by atoms with van der Waals surface area (Å²) in [6.07, 6.45) is 0. The van der Waals surface area contributed by atoms with Crippen LogP contribution in [0.5, 0.6) is 0 Å². The molecule has 0 aliphatic heterocycles. The van der Waals surface area contributed by atoms with Gasteiger partial charge >= 0.3 is 0 Å². The zero-order valence-electron chi connectivity index (χ0n) is 5.64. The lowest BCUT2D eigenvalue weighted by Gasteiger charge is -1.96. The molecular weight excluding hydrogens is 204 g/mol. The Morgan fingerprint density at radius 1 is 1.33 bits per heavy atom. The summed E-state index contributed by atoms with van der Waals surface area (Å²) in [7, 11) is 0. The molecule has 62 valence electrons. The highest BCUT2D eigenvalue weighted by Gasteiger charge is 2.06. The standard InChI is InChI=1S/C7H2ClF2NS/c8-4-1-6(10)7(11-3-12)2-5(4)9/h1-2H. The maximum absolute atomic E-state index is 12.8. The van der Waals surface area contributed by atoms with Gasteiger partial charge in [-0.3, -0.25) is 0 Å². The fourth-order valence-corrected chi connectivity index (χ4v) is 0.896. The zero-order valence-corrected chi connectivity index (χ0v) is 7.22. The van der Waals surface area contributed by atoms with Crippen LogP contribution >= 0.6 is 23.8 Å². The molecule has 0 unspecified atom stereocenters. The lowest BCUT2D eigenvalue weighted by molar-refractivity contribution is 0.602. The summed E-state index contributed by atoms with van der Waals surface area (Å²) >= 11 is 9.51. The average Bonchev–Trinajstić information content (AvgIpc) is 2.01. The zero-order chi connectivity index (χ0) is 9.14. The Bertz CT molecular complexity index is 361. The molecule has 0 radical (unpaired) electrons. The van der Waals surface area contributed by atoms with E-state index >= 15 is 0 Å². The van der Waals surface area contributed by atoms with E-state index in [-0.39, 0.29) is 10.7 Å². The fourth-order valence-electron chi connectivity index (χ4n) is 0.647. The minimum absolute atomic E-state index is 0.202. The van der Waals surface area contributed by atoms with Crippen LogP contribution < -0.4 is 0 Å². The number of aliphatic imine (C=N–C) groups is 1. The Kier molecular flexibility index (Phi) is 2.87. The molecule has 0 aliphatic rings. The third kappa shape index (κ3) is 1.85. The predicted molar refractivity (Wildman–Crippen MR) is 46.1 cm³/mol. The second-order valence-corrected chi connectivity index (χ2v) is 2.51. The van der Waals surface area contributed by atoms with Crippen LogP contribution in [-0.2, 0) is 0 Å². The van der Waals surface area contributed by atoms with E-state index in [0.717, 1.165) is 12.1 Å². The predicted octanol–water partition coefficient (Wildman–Crippen LogP) is 3.35. The molecule has 0 aromatic heterocycles. The molecule has 5 heteroatoms. The van der Waals surface area contributed by atoms with Gasteiger partial charge in [0.1, 0.15) is 11.5 Å². The van der Waals surface area contributed by atoms with Crippen molar-refractivity contribution < 1.29 is 8.78 Å². The number of halogens is 3. The third-order valence-electron chi connectivity index (χ3n) is 1.16. The van der Waals surface area contributed by atoms with Crippen LogP contribution in [0.3, 0.4) is 0 Å². The van der Waals surface area contributed by atoms with Crippen molar-refractivity contribution in [2.24, 2.45) is 4.99 Å². The van der Waals surface area contributed by atoms with Crippen molar-refractivity contribution in [3.05, 3.63) is 28.8 Å². The minimum atomic E-state index is -0.734. The fraction of sp³-hybridized carbons (Fsp3) is 0. The molecule has 0 bridgehead atoms. The summed E-state index contributed by atoms with van der Waals surface area (Å²) in [6, 6.07) is 1.69. The highest BCUT2D eigenvalue weighted by molar-refractivity contribution is 7.78. The molecule has 0 heterocycles. The third-order valence-corrected chi connectivity index (χ3v) is 1.54. The van der Waals surface area contributed by atoms with Crippen LogP contribution in [0.4, 0.5) is 14.5 Å². The highest BCUT2D eigenvalue weighted by Crippen LogP contribution is 2.24. The SMILES string of the molecule is Fc1cc(N=C=S)c(F)cc1Cl. The Hall–Kier alpha value is -0.830. The summed E-state index contributed by atoms with van der Waals surface area (Å²) in [6.45, 7) is 0. The van der Waals surface area contributed by atoms with E-state index in [1.54, 1.807) is 0 Å². The topological polar surface area (TPSA) is 12.4 Å². The van der Waals surface area contributed by atoms with Crippen molar-refractivity contribution in [2.45, 2.75) is 0 Å². The van der Waals surface area contributed by atoms with Crippen LogP contribution in [-0.4, -0.2) is 5.16 Å². The molecule has 1 aromatic rings. The van der Waals surface area contributed by atoms with E-state index in [2.05, 4.69) is 17.2 Å². The van der Waals surface area contributed by atoms with E-state index in [1.807, 2.05) is 5.16 Å². The molecule has 1 rings (SSSR count). The normalized spacial score (nSPS) is 9.25. The number of isothiocyanates is 1. The van der Waals surface area contributed by atoms with Gasteiger partial charge in [-0.15, -0.1) is 0 Å². The largest absolute Gasteiger partial charge is 0.205 e. The van der Waals surface area contributed by atoms with Gasteiger partial charge in [0.2, 0.25) is 0 Å². The average molecular weight is 206 g/mol. The summed E-state index contributed by atoms with van der Waals surface area (Å²) in [5, 5.41) is 1.65. The van der Waals surface area contributed by atoms with Crippen molar-refractivity contribution in [3.8, 4) is 0 Å². The molecule has 0 saturated heterocycles. The number of benzene rings is 1. The van der Waals surface area contributed by atoms with Crippen molar-refractivity contribution in [2.75, 3.05) is 0 Å². The molecule has 12 heavy (non-hydrogen) atoms. The lowest BCUT2D eigenvalue weighted by atomic mass is 10.3. The van der Waals surface area contributed by atoms with E-state index in [9.17, 15) is 8.78 Å². The van der Waals surface area contributed by atoms with Crippen LogP contribution in [0.2, 0.25) is 5.02 Å². The number of nitrogens with zero attached hydrogens (tertiary/aromatic N) is 1. The number of hydrogen-bond acceptors (Lipinski definition) is 2. The van der Waals surface area contributed by atoms with Crippen LogP contribution in [0.25, 0.3) is 0 Å². The smallest absolute Gasteiger partial charge is 0.151 e. The molecule has 0 saturated carbocycles. The van der Waals surface area contributed by atoms with Crippen LogP contribution in [0, 0.1) is 11.6 Å². The summed E-state index contributed by atoms with van der Waals surface area (Å²) in [5.41, 5.74) is -0.202. The second kappa shape index (κ2) is 3.72. The summed E-state index contributed by atoms with van der Waals surface area (Å²) in [5.74, 6) is -1.46. The molecule has 0 atom stereocenters. The quantitative estimate of drug-likeness (QED) is 0.389. The van der Waals surface area contributed by atoms with Crippen LogP contribution in [0.15, 0.2) is 17.1 Å². The number of rotatable bonds is 1. The first-order valence-electron chi connectivity index (χ1n) is 2.87. The van der Waals surface area contributed by atoms with Gasteiger partial charge in [0.15, 0.2) is 5.82 Å². The Balaban J connectivity index is 3.32. The molecule has 1 aromatic carbocycles. The molecule has 0 fully saturated rings. The maximum Gasteiger partial charge on any atom is 0.151 e. The molecular formula is C7H2ClF2NS. The van der Waals surface area contributed by atoms with Crippen molar-refractivity contribution >= 4 is 34.7 Å². The first-order chi connectivity index (χ1) is 5.65. The minimum Gasteiger partial charge on any atom is -0.205 e. The van der Waals surface area contributed by atoms with Gasteiger partial charge in [0.05, 0.1) is 10.2 Å². The van der Waals surface area contributed by atoms with Gasteiger partial charge in [-0.2, -0.15) is 4.99 Å². The van der Waals surface area contributed by atoms with E-state index in [4.69, 9.17) is 11.6 Å². The van der Waals surface area contributed by atoms with E-state index < -0.39 is 11.6 Å². The van der Waals surface area contributed by atoms with Gasteiger partial charge in [-0.05, 0) is 18.3 Å². The number of thiocarbonyl (C=S) groups is 1. The molecule has 0 N–H and O–H groups in total. The highest BCUT2D eigenvalue weighted by atomic mass is 35.5. The summed E-state index contributed by atoms with van der Waals surface area (Å²) < 4.78 is 25.4. The Morgan fingerprint density at radius 2 is 2.00 bits per heavy atom.